The number of hydrogen-bond donors (Lipinski definition) is 1. The Morgan fingerprint density at radius 1 is 1.40 bits per heavy atom. The molecule has 1 aromatic carbocycles. The van der Waals surface area contributed by atoms with Gasteiger partial charge >= 0.3 is 0 Å². The van der Waals surface area contributed by atoms with Crippen molar-refractivity contribution in [2.45, 2.75) is 17.4 Å². The maximum Gasteiger partial charge on any atom is 0.247 e. The quantitative estimate of drug-likeness (QED) is 0.914. The van der Waals surface area contributed by atoms with Gasteiger partial charge in [-0.3, -0.25) is 0 Å². The predicted molar refractivity (Wildman–Crippen MR) is 76.7 cm³/mol. The topological polar surface area (TPSA) is 58.6 Å². The van der Waals surface area contributed by atoms with Gasteiger partial charge in [-0.1, -0.05) is 11.6 Å². The summed E-state index contributed by atoms with van der Waals surface area (Å²) in [6, 6.07) is 4.69. The molecule has 110 valence electrons. The van der Waals surface area contributed by atoms with Crippen LogP contribution in [-0.4, -0.2) is 45.5 Å². The van der Waals surface area contributed by atoms with Crippen LogP contribution in [0.25, 0.3) is 0 Å². The van der Waals surface area contributed by atoms with Crippen molar-refractivity contribution in [1.82, 2.24) is 9.62 Å². The number of hydrogen-bond acceptors (Lipinski definition) is 4. The van der Waals surface area contributed by atoms with Gasteiger partial charge in [0.1, 0.15) is 10.6 Å². The van der Waals surface area contributed by atoms with Crippen LogP contribution in [0.15, 0.2) is 23.1 Å². The van der Waals surface area contributed by atoms with Crippen LogP contribution in [0.4, 0.5) is 0 Å². The van der Waals surface area contributed by atoms with Crippen LogP contribution in [-0.2, 0) is 10.0 Å². The van der Waals surface area contributed by atoms with Crippen LogP contribution < -0.4 is 10.1 Å². The Kier molecular flexibility index (Phi) is 3.66. The van der Waals surface area contributed by atoms with E-state index in [1.807, 2.05) is 0 Å². The zero-order valence-electron chi connectivity index (χ0n) is 11.2. The van der Waals surface area contributed by atoms with E-state index in [4.69, 9.17) is 16.3 Å². The number of halogens is 1. The van der Waals surface area contributed by atoms with Gasteiger partial charge in [-0.2, -0.15) is 4.31 Å². The molecule has 0 aliphatic carbocycles. The SMILES string of the molecule is COc1cc(Cl)ccc1S(=O)(=O)N1CC[C@H]2CNC[C@H]21. The van der Waals surface area contributed by atoms with E-state index in [1.165, 1.54) is 19.2 Å². The van der Waals surface area contributed by atoms with Gasteiger partial charge in [-0.15, -0.1) is 0 Å². The van der Waals surface area contributed by atoms with Gasteiger partial charge in [-0.05, 0) is 31.0 Å². The zero-order chi connectivity index (χ0) is 14.3. The van der Waals surface area contributed by atoms with E-state index in [9.17, 15) is 8.42 Å². The first-order valence-corrected chi connectivity index (χ1v) is 8.42. The highest BCUT2D eigenvalue weighted by molar-refractivity contribution is 7.89. The molecule has 0 saturated carbocycles. The molecule has 0 radical (unpaired) electrons. The second kappa shape index (κ2) is 5.18. The molecule has 5 nitrogen and oxygen atoms in total. The Labute approximate surface area is 123 Å². The number of nitrogens with zero attached hydrogens (tertiary/aromatic N) is 1. The summed E-state index contributed by atoms with van der Waals surface area (Å²) in [5.41, 5.74) is 0. The van der Waals surface area contributed by atoms with Crippen LogP contribution in [0.2, 0.25) is 5.02 Å². The number of sulfonamides is 1. The molecule has 0 aromatic heterocycles. The van der Waals surface area contributed by atoms with E-state index >= 15 is 0 Å². The van der Waals surface area contributed by atoms with E-state index in [0.29, 0.717) is 23.2 Å². The first-order chi connectivity index (χ1) is 9.54. The van der Waals surface area contributed by atoms with Crippen molar-refractivity contribution in [3.8, 4) is 5.75 Å². The average molecular weight is 317 g/mol. The first kappa shape index (κ1) is 14.1. The number of fused-ring (bicyclic) bond motifs is 1. The number of nitrogens with one attached hydrogen (secondary N) is 1. The number of methoxy groups -OCH3 is 1. The summed E-state index contributed by atoms with van der Waals surface area (Å²) in [5.74, 6) is 0.718. The lowest BCUT2D eigenvalue weighted by atomic mass is 10.1. The van der Waals surface area contributed by atoms with Crippen LogP contribution >= 0.6 is 11.6 Å². The Morgan fingerprint density at radius 3 is 2.95 bits per heavy atom. The minimum Gasteiger partial charge on any atom is -0.495 e. The van der Waals surface area contributed by atoms with E-state index < -0.39 is 10.0 Å². The normalized spacial score (nSPS) is 26.7. The molecule has 0 amide bonds. The van der Waals surface area contributed by atoms with Crippen molar-refractivity contribution >= 4 is 21.6 Å². The second-order valence-corrected chi connectivity index (χ2v) is 7.48. The molecule has 2 aliphatic heterocycles. The molecule has 3 rings (SSSR count). The monoisotopic (exact) mass is 316 g/mol. The first-order valence-electron chi connectivity index (χ1n) is 6.60. The number of rotatable bonds is 3. The molecule has 0 bridgehead atoms. The Hall–Kier alpha value is -0.820. The minimum absolute atomic E-state index is 0.0559. The fourth-order valence-electron chi connectivity index (χ4n) is 3.09. The molecule has 7 heteroatoms. The third kappa shape index (κ3) is 2.20. The number of ether oxygens (including phenoxy) is 1. The largest absolute Gasteiger partial charge is 0.495 e. The molecule has 0 spiro atoms. The molecule has 0 unspecified atom stereocenters. The lowest BCUT2D eigenvalue weighted by Crippen LogP contribution is -2.39. The minimum atomic E-state index is -3.54. The third-order valence-corrected chi connectivity index (χ3v) is 6.31. The summed E-state index contributed by atoms with van der Waals surface area (Å²) in [6.45, 7) is 2.19. The summed E-state index contributed by atoms with van der Waals surface area (Å²) in [6.07, 6.45) is 0.910. The fraction of sp³-hybridized carbons (Fsp3) is 0.538. The average Bonchev–Trinajstić information content (AvgIpc) is 3.00. The maximum absolute atomic E-state index is 12.8. The van der Waals surface area contributed by atoms with Gasteiger partial charge < -0.3 is 10.1 Å². The molecule has 2 heterocycles. The highest BCUT2D eigenvalue weighted by Crippen LogP contribution is 2.36. The second-order valence-electron chi connectivity index (χ2n) is 5.19. The summed E-state index contributed by atoms with van der Waals surface area (Å²) in [7, 11) is -2.09. The van der Waals surface area contributed by atoms with Crippen molar-refractivity contribution in [3.63, 3.8) is 0 Å². The third-order valence-electron chi connectivity index (χ3n) is 4.11. The molecular weight excluding hydrogens is 300 g/mol. The predicted octanol–water partition coefficient (Wildman–Crippen LogP) is 1.33. The summed E-state index contributed by atoms with van der Waals surface area (Å²) < 4.78 is 32.5. The van der Waals surface area contributed by atoms with Crippen LogP contribution in [0, 0.1) is 5.92 Å². The van der Waals surface area contributed by atoms with Crippen LogP contribution in [0.1, 0.15) is 6.42 Å². The lowest BCUT2D eigenvalue weighted by Gasteiger charge is -2.23. The fourth-order valence-corrected chi connectivity index (χ4v) is 5.09. The Balaban J connectivity index is 2.00. The molecule has 2 saturated heterocycles. The molecule has 2 atom stereocenters. The van der Waals surface area contributed by atoms with Crippen molar-refractivity contribution in [1.29, 1.82) is 0 Å². The molecular formula is C13H17ClN2O3S. The number of benzene rings is 1. The van der Waals surface area contributed by atoms with E-state index in [2.05, 4.69) is 5.32 Å². The van der Waals surface area contributed by atoms with E-state index in [0.717, 1.165) is 19.5 Å². The van der Waals surface area contributed by atoms with Crippen molar-refractivity contribution in [2.75, 3.05) is 26.7 Å². The van der Waals surface area contributed by atoms with Crippen molar-refractivity contribution in [3.05, 3.63) is 23.2 Å². The Bertz CT molecular complexity index is 620. The summed E-state index contributed by atoms with van der Waals surface area (Å²) in [4.78, 5) is 0.192. The van der Waals surface area contributed by atoms with E-state index in [-0.39, 0.29) is 10.9 Å². The van der Waals surface area contributed by atoms with Crippen molar-refractivity contribution < 1.29 is 13.2 Å². The molecule has 1 aromatic rings. The van der Waals surface area contributed by atoms with Gasteiger partial charge in [-0.25, -0.2) is 8.42 Å². The molecule has 2 fully saturated rings. The summed E-state index contributed by atoms with van der Waals surface area (Å²) >= 11 is 5.90. The van der Waals surface area contributed by atoms with Gasteiger partial charge in [0, 0.05) is 30.2 Å². The van der Waals surface area contributed by atoms with Crippen LogP contribution in [0.5, 0.6) is 5.75 Å². The lowest BCUT2D eigenvalue weighted by molar-refractivity contribution is 0.373. The van der Waals surface area contributed by atoms with Gasteiger partial charge in [0.2, 0.25) is 10.0 Å². The Morgan fingerprint density at radius 2 is 2.20 bits per heavy atom. The standard InChI is InChI=1S/C13H17ClN2O3S/c1-19-12-6-10(14)2-3-13(12)20(17,18)16-5-4-9-7-15-8-11(9)16/h2-3,6,9,11,15H,4-5,7-8H2,1H3/t9-,11+/m0/s1. The van der Waals surface area contributed by atoms with Crippen molar-refractivity contribution in [2.24, 2.45) is 5.92 Å². The molecule has 20 heavy (non-hydrogen) atoms. The van der Waals surface area contributed by atoms with Gasteiger partial charge in [0.25, 0.3) is 0 Å². The van der Waals surface area contributed by atoms with E-state index in [1.54, 1.807) is 10.4 Å². The highest BCUT2D eigenvalue weighted by Gasteiger charge is 2.44. The summed E-state index contributed by atoms with van der Waals surface area (Å²) in [5, 5.41) is 3.72. The maximum atomic E-state index is 12.8. The zero-order valence-corrected chi connectivity index (χ0v) is 12.7. The molecule has 2 aliphatic rings. The highest BCUT2D eigenvalue weighted by atomic mass is 35.5. The van der Waals surface area contributed by atoms with Gasteiger partial charge in [0.05, 0.1) is 7.11 Å². The van der Waals surface area contributed by atoms with Crippen LogP contribution in [0.3, 0.4) is 0 Å². The molecule has 1 N–H and O–H groups in total. The smallest absolute Gasteiger partial charge is 0.247 e. The van der Waals surface area contributed by atoms with Gasteiger partial charge in [0.15, 0.2) is 0 Å².